The third-order valence-electron chi connectivity index (χ3n) is 5.92. The summed E-state index contributed by atoms with van der Waals surface area (Å²) >= 11 is 1.58. The molecule has 1 aliphatic rings. The Kier molecular flexibility index (Phi) is 6.18. The Morgan fingerprint density at radius 3 is 2.52 bits per heavy atom. The second-order valence-corrected chi connectivity index (χ2v) is 10.3. The average Bonchev–Trinajstić information content (AvgIpc) is 3.00. The number of aryl methyl sites for hydroxylation is 2. The van der Waals surface area contributed by atoms with Crippen molar-refractivity contribution in [3.63, 3.8) is 0 Å². The zero-order valence-electron chi connectivity index (χ0n) is 18.4. The van der Waals surface area contributed by atoms with Crippen LogP contribution in [0.1, 0.15) is 72.5 Å². The number of amides is 2. The number of thiophene rings is 1. The molecule has 1 aliphatic carbocycles. The number of benzene rings is 1. The number of carbonyl (C=O) groups excluding carboxylic acids is 2. The van der Waals surface area contributed by atoms with Gasteiger partial charge in [-0.1, -0.05) is 45.4 Å². The number of nitrogens with one attached hydrogen (secondary N) is 2. The van der Waals surface area contributed by atoms with E-state index in [4.69, 9.17) is 0 Å². The highest BCUT2D eigenvalue weighted by Crippen LogP contribution is 2.44. The fourth-order valence-electron chi connectivity index (χ4n) is 4.01. The zero-order chi connectivity index (χ0) is 21.3. The molecule has 0 saturated carbocycles. The van der Waals surface area contributed by atoms with Crippen LogP contribution in [0.5, 0.6) is 0 Å². The summed E-state index contributed by atoms with van der Waals surface area (Å²) in [5, 5.41) is 6.75. The molecule has 1 aromatic heterocycles. The van der Waals surface area contributed by atoms with E-state index in [2.05, 4.69) is 37.5 Å². The van der Waals surface area contributed by atoms with Crippen molar-refractivity contribution in [2.45, 2.75) is 67.2 Å². The first kappa shape index (κ1) is 21.6. The molecule has 1 heterocycles. The molecule has 4 nitrogen and oxygen atoms in total. The van der Waals surface area contributed by atoms with Crippen molar-refractivity contribution in [2.24, 2.45) is 11.3 Å². The van der Waals surface area contributed by atoms with E-state index in [0.29, 0.717) is 22.9 Å². The quantitative estimate of drug-likeness (QED) is 0.636. The molecule has 0 bridgehead atoms. The van der Waals surface area contributed by atoms with Crippen molar-refractivity contribution >= 4 is 33.8 Å². The van der Waals surface area contributed by atoms with Gasteiger partial charge in [-0.3, -0.25) is 9.59 Å². The Bertz CT molecular complexity index is 937. The minimum atomic E-state index is -0.130. The van der Waals surface area contributed by atoms with Crippen LogP contribution < -0.4 is 10.6 Å². The van der Waals surface area contributed by atoms with Crippen LogP contribution in [-0.4, -0.2) is 11.8 Å². The minimum Gasteiger partial charge on any atom is -0.322 e. The number of rotatable bonds is 4. The Balaban J connectivity index is 1.96. The van der Waals surface area contributed by atoms with Crippen LogP contribution in [-0.2, 0) is 17.6 Å². The highest BCUT2D eigenvalue weighted by Gasteiger charge is 2.34. The molecule has 3 rings (SSSR count). The van der Waals surface area contributed by atoms with Crippen LogP contribution in [0.4, 0.5) is 10.7 Å². The molecule has 5 heteroatoms. The van der Waals surface area contributed by atoms with E-state index >= 15 is 0 Å². The van der Waals surface area contributed by atoms with Gasteiger partial charge in [0.1, 0.15) is 5.00 Å². The van der Waals surface area contributed by atoms with Crippen LogP contribution >= 0.6 is 11.3 Å². The number of fused-ring (bicyclic) bond motifs is 1. The van der Waals surface area contributed by atoms with Gasteiger partial charge in [-0.25, -0.2) is 0 Å². The molecule has 0 aliphatic heterocycles. The fraction of sp³-hybridized carbons (Fsp3) is 0.500. The van der Waals surface area contributed by atoms with E-state index in [1.165, 1.54) is 4.88 Å². The smallest absolute Gasteiger partial charge is 0.258 e. The first-order chi connectivity index (χ1) is 13.6. The standard InChI is InChI=1S/C24H32N2O2S/c1-7-20(27)26-23-21(22(28)25-18-11-8-14(2)12-15(18)3)17-10-9-16(24(4,5)6)13-19(17)29-23/h8,11-12,16H,7,9-10,13H2,1-6H3,(H,25,28)(H,26,27). The average molecular weight is 413 g/mol. The van der Waals surface area contributed by atoms with Crippen molar-refractivity contribution in [3.8, 4) is 0 Å². The second-order valence-electron chi connectivity index (χ2n) is 9.19. The Labute approximate surface area is 178 Å². The molecule has 29 heavy (non-hydrogen) atoms. The SMILES string of the molecule is CCC(=O)Nc1sc2c(c1C(=O)Nc1ccc(C)cc1C)CCC(C(C)(C)C)C2. The normalized spacial score (nSPS) is 16.3. The molecule has 2 aromatic rings. The second kappa shape index (κ2) is 8.31. The number of hydrogen-bond donors (Lipinski definition) is 2. The van der Waals surface area contributed by atoms with Crippen molar-refractivity contribution in [1.29, 1.82) is 0 Å². The monoisotopic (exact) mass is 412 g/mol. The van der Waals surface area contributed by atoms with E-state index in [1.807, 2.05) is 32.9 Å². The molecule has 1 aromatic carbocycles. The summed E-state index contributed by atoms with van der Waals surface area (Å²) in [7, 11) is 0. The van der Waals surface area contributed by atoms with Crippen LogP contribution in [0, 0.1) is 25.2 Å². The van der Waals surface area contributed by atoms with E-state index in [9.17, 15) is 9.59 Å². The highest BCUT2D eigenvalue weighted by molar-refractivity contribution is 7.17. The maximum atomic E-state index is 13.3. The van der Waals surface area contributed by atoms with Gasteiger partial charge in [0.15, 0.2) is 0 Å². The van der Waals surface area contributed by atoms with E-state index < -0.39 is 0 Å². The van der Waals surface area contributed by atoms with Crippen molar-refractivity contribution in [3.05, 3.63) is 45.3 Å². The van der Waals surface area contributed by atoms with Crippen molar-refractivity contribution in [1.82, 2.24) is 0 Å². The molecule has 0 radical (unpaired) electrons. The summed E-state index contributed by atoms with van der Waals surface area (Å²) in [4.78, 5) is 26.6. The minimum absolute atomic E-state index is 0.0588. The first-order valence-corrected chi connectivity index (χ1v) is 11.2. The third kappa shape index (κ3) is 4.72. The van der Waals surface area contributed by atoms with Gasteiger partial charge in [0.2, 0.25) is 5.91 Å². The van der Waals surface area contributed by atoms with Crippen LogP contribution in [0.25, 0.3) is 0 Å². The highest BCUT2D eigenvalue weighted by atomic mass is 32.1. The van der Waals surface area contributed by atoms with Crippen molar-refractivity contribution in [2.75, 3.05) is 10.6 Å². The molecule has 2 N–H and O–H groups in total. The third-order valence-corrected chi connectivity index (χ3v) is 7.09. The van der Waals surface area contributed by atoms with Gasteiger partial charge in [0.05, 0.1) is 5.56 Å². The van der Waals surface area contributed by atoms with Gasteiger partial charge in [-0.05, 0) is 61.6 Å². The van der Waals surface area contributed by atoms with Gasteiger partial charge in [-0.2, -0.15) is 0 Å². The lowest BCUT2D eigenvalue weighted by atomic mass is 9.72. The molecule has 0 fully saturated rings. The summed E-state index contributed by atoms with van der Waals surface area (Å²) in [5.74, 6) is 0.394. The van der Waals surface area contributed by atoms with Gasteiger partial charge in [0, 0.05) is 17.0 Å². The van der Waals surface area contributed by atoms with Gasteiger partial charge < -0.3 is 10.6 Å². The number of hydrogen-bond acceptors (Lipinski definition) is 3. The van der Waals surface area contributed by atoms with Gasteiger partial charge in [0.25, 0.3) is 5.91 Å². The number of anilines is 2. The predicted molar refractivity (Wildman–Crippen MR) is 122 cm³/mol. The summed E-state index contributed by atoms with van der Waals surface area (Å²) in [6, 6.07) is 6.01. The molecule has 1 atom stereocenters. The predicted octanol–water partition coefficient (Wildman–Crippen LogP) is 6.12. The molecule has 1 unspecified atom stereocenters. The van der Waals surface area contributed by atoms with E-state index in [1.54, 1.807) is 11.3 Å². The largest absolute Gasteiger partial charge is 0.322 e. The molecule has 0 saturated heterocycles. The maximum absolute atomic E-state index is 13.3. The molecule has 156 valence electrons. The molecular weight excluding hydrogens is 380 g/mol. The summed E-state index contributed by atoms with van der Waals surface area (Å²) < 4.78 is 0. The van der Waals surface area contributed by atoms with Gasteiger partial charge in [-0.15, -0.1) is 11.3 Å². The molecule has 0 spiro atoms. The van der Waals surface area contributed by atoms with Gasteiger partial charge >= 0.3 is 0 Å². The molecule has 2 amide bonds. The van der Waals surface area contributed by atoms with E-state index in [0.717, 1.165) is 41.6 Å². The van der Waals surface area contributed by atoms with Crippen LogP contribution in [0.15, 0.2) is 18.2 Å². The Hall–Kier alpha value is -2.14. The summed E-state index contributed by atoms with van der Waals surface area (Å²) in [5.41, 5.74) is 5.02. The maximum Gasteiger partial charge on any atom is 0.258 e. The topological polar surface area (TPSA) is 58.2 Å². The zero-order valence-corrected chi connectivity index (χ0v) is 19.2. The molecular formula is C24H32N2O2S. The van der Waals surface area contributed by atoms with Crippen LogP contribution in [0.3, 0.4) is 0 Å². The summed E-state index contributed by atoms with van der Waals surface area (Å²) in [6.45, 7) is 12.7. The fourth-order valence-corrected chi connectivity index (χ4v) is 5.35. The van der Waals surface area contributed by atoms with E-state index in [-0.39, 0.29) is 17.2 Å². The van der Waals surface area contributed by atoms with Crippen LogP contribution in [0.2, 0.25) is 0 Å². The number of carbonyl (C=O) groups is 2. The Morgan fingerprint density at radius 1 is 1.17 bits per heavy atom. The van der Waals surface area contributed by atoms with Crippen molar-refractivity contribution < 1.29 is 9.59 Å². The lowest BCUT2D eigenvalue weighted by Crippen LogP contribution is -2.27. The Morgan fingerprint density at radius 2 is 1.90 bits per heavy atom. The lowest BCUT2D eigenvalue weighted by Gasteiger charge is -2.33. The lowest BCUT2D eigenvalue weighted by molar-refractivity contribution is -0.115. The first-order valence-electron chi connectivity index (χ1n) is 10.4. The summed E-state index contributed by atoms with van der Waals surface area (Å²) in [6.07, 6.45) is 3.31.